The lowest BCUT2D eigenvalue weighted by Crippen LogP contribution is -2.14. The Morgan fingerprint density at radius 2 is 2.04 bits per heavy atom. The van der Waals surface area contributed by atoms with Crippen LogP contribution in [-0.4, -0.2) is 10.5 Å². The number of nitrogens with zero attached hydrogens (tertiary/aromatic N) is 2. The number of rotatable bonds is 4. The van der Waals surface area contributed by atoms with E-state index in [0.29, 0.717) is 10.7 Å². The molecule has 0 spiro atoms. The first-order chi connectivity index (χ1) is 11.4. The molecule has 2 aromatic rings. The summed E-state index contributed by atoms with van der Waals surface area (Å²) in [6.07, 6.45) is 1.63. The van der Waals surface area contributed by atoms with Gasteiger partial charge in [-0.15, -0.1) is 0 Å². The van der Waals surface area contributed by atoms with E-state index in [-0.39, 0.29) is 5.57 Å². The smallest absolute Gasteiger partial charge is 0.266 e. The number of anilines is 1. The Hall–Kier alpha value is -2.51. The zero-order valence-electron chi connectivity index (χ0n) is 14.3. The van der Waals surface area contributed by atoms with Crippen molar-refractivity contribution >= 4 is 29.3 Å². The maximum Gasteiger partial charge on any atom is 0.266 e. The molecule has 5 heteroatoms. The van der Waals surface area contributed by atoms with Crippen LogP contribution < -0.4 is 5.32 Å². The molecule has 1 N–H and O–H groups in total. The number of hydrogen-bond donors (Lipinski definition) is 1. The van der Waals surface area contributed by atoms with Gasteiger partial charge < -0.3 is 9.88 Å². The van der Waals surface area contributed by atoms with Crippen molar-refractivity contribution in [2.45, 2.75) is 34.2 Å². The quantitative estimate of drug-likeness (QED) is 0.651. The van der Waals surface area contributed by atoms with Gasteiger partial charge in [0, 0.05) is 28.6 Å². The molecule has 4 nitrogen and oxygen atoms in total. The van der Waals surface area contributed by atoms with Crippen LogP contribution in [0.4, 0.5) is 5.69 Å². The van der Waals surface area contributed by atoms with Crippen LogP contribution in [0.2, 0.25) is 5.02 Å². The van der Waals surface area contributed by atoms with E-state index < -0.39 is 5.91 Å². The van der Waals surface area contributed by atoms with Crippen LogP contribution >= 0.6 is 11.6 Å². The minimum Gasteiger partial charge on any atom is -0.349 e. The highest BCUT2D eigenvalue weighted by Crippen LogP contribution is 2.22. The Kier molecular flexibility index (Phi) is 5.48. The first-order valence-electron chi connectivity index (χ1n) is 7.73. The minimum absolute atomic E-state index is 0.0609. The van der Waals surface area contributed by atoms with Crippen molar-refractivity contribution in [2.75, 3.05) is 5.32 Å². The van der Waals surface area contributed by atoms with Crippen LogP contribution in [0, 0.1) is 32.1 Å². The second kappa shape index (κ2) is 7.37. The SMILES string of the molecule is CCn1c(C)cc(/C=C(/C#N)C(=O)Nc2cc(Cl)ccc2C)c1C. The molecule has 0 aliphatic heterocycles. The summed E-state index contributed by atoms with van der Waals surface area (Å²) < 4.78 is 2.14. The molecule has 1 aromatic heterocycles. The van der Waals surface area contributed by atoms with E-state index in [1.807, 2.05) is 39.0 Å². The number of benzene rings is 1. The summed E-state index contributed by atoms with van der Waals surface area (Å²) in [5.41, 5.74) is 4.57. The van der Waals surface area contributed by atoms with Crippen molar-refractivity contribution in [3.8, 4) is 6.07 Å². The average Bonchev–Trinajstić information content (AvgIpc) is 2.81. The molecule has 0 radical (unpaired) electrons. The zero-order chi connectivity index (χ0) is 17.9. The van der Waals surface area contributed by atoms with Crippen LogP contribution in [0.5, 0.6) is 0 Å². The van der Waals surface area contributed by atoms with Crippen molar-refractivity contribution in [3.63, 3.8) is 0 Å². The standard InChI is InChI=1S/C19H20ClN3O/c1-5-23-13(3)8-15(14(23)4)9-16(11-21)19(24)22-18-10-17(20)7-6-12(18)2/h6-10H,5H2,1-4H3,(H,22,24)/b16-9-. The Morgan fingerprint density at radius 1 is 1.33 bits per heavy atom. The van der Waals surface area contributed by atoms with Gasteiger partial charge in [-0.05, 0) is 63.1 Å². The normalized spacial score (nSPS) is 11.2. The number of carbonyl (C=O) groups excluding carboxylic acids is 1. The van der Waals surface area contributed by atoms with Gasteiger partial charge in [-0.25, -0.2) is 0 Å². The second-order valence-electron chi connectivity index (χ2n) is 5.65. The Bertz CT molecular complexity index is 856. The molecule has 0 unspecified atom stereocenters. The molecule has 0 saturated carbocycles. The van der Waals surface area contributed by atoms with Gasteiger partial charge in [0.15, 0.2) is 0 Å². The number of nitriles is 1. The van der Waals surface area contributed by atoms with Crippen molar-refractivity contribution in [2.24, 2.45) is 0 Å². The van der Waals surface area contributed by atoms with Crippen molar-refractivity contribution < 1.29 is 4.79 Å². The molecule has 0 aliphatic carbocycles. The number of hydrogen-bond acceptors (Lipinski definition) is 2. The van der Waals surface area contributed by atoms with E-state index in [9.17, 15) is 10.1 Å². The van der Waals surface area contributed by atoms with Gasteiger partial charge in [-0.3, -0.25) is 4.79 Å². The summed E-state index contributed by atoms with van der Waals surface area (Å²) in [6.45, 7) is 8.77. The molecule has 1 heterocycles. The van der Waals surface area contributed by atoms with Gasteiger partial charge in [-0.1, -0.05) is 17.7 Å². The summed E-state index contributed by atoms with van der Waals surface area (Å²) in [7, 11) is 0. The number of nitrogens with one attached hydrogen (secondary N) is 1. The lowest BCUT2D eigenvalue weighted by atomic mass is 10.1. The number of amides is 1. The summed E-state index contributed by atoms with van der Waals surface area (Å²) in [5, 5.41) is 12.7. The van der Waals surface area contributed by atoms with Gasteiger partial charge >= 0.3 is 0 Å². The first-order valence-corrected chi connectivity index (χ1v) is 8.11. The second-order valence-corrected chi connectivity index (χ2v) is 6.09. The molecule has 2 rings (SSSR count). The van der Waals surface area contributed by atoms with Crippen molar-refractivity contribution in [1.29, 1.82) is 5.26 Å². The molecule has 0 bridgehead atoms. The fourth-order valence-electron chi connectivity index (χ4n) is 2.68. The Balaban J connectivity index is 2.33. The number of halogens is 1. The van der Waals surface area contributed by atoms with Gasteiger partial charge in [-0.2, -0.15) is 5.26 Å². The van der Waals surface area contributed by atoms with E-state index >= 15 is 0 Å². The highest BCUT2D eigenvalue weighted by molar-refractivity contribution is 6.31. The summed E-state index contributed by atoms with van der Waals surface area (Å²) in [6, 6.07) is 9.22. The largest absolute Gasteiger partial charge is 0.349 e. The molecule has 124 valence electrons. The van der Waals surface area contributed by atoms with E-state index in [0.717, 1.165) is 29.1 Å². The number of aryl methyl sites for hydroxylation is 2. The molecular formula is C19H20ClN3O. The maximum absolute atomic E-state index is 12.4. The number of carbonyl (C=O) groups is 1. The van der Waals surface area contributed by atoms with Crippen LogP contribution in [0.1, 0.15) is 29.4 Å². The maximum atomic E-state index is 12.4. The van der Waals surface area contributed by atoms with E-state index in [4.69, 9.17) is 11.6 Å². The Labute approximate surface area is 147 Å². The van der Waals surface area contributed by atoms with E-state index in [1.54, 1.807) is 18.2 Å². The fraction of sp³-hybridized carbons (Fsp3) is 0.263. The molecule has 0 atom stereocenters. The minimum atomic E-state index is -0.441. The Morgan fingerprint density at radius 3 is 2.62 bits per heavy atom. The molecule has 0 aliphatic rings. The van der Waals surface area contributed by atoms with Gasteiger partial charge in [0.1, 0.15) is 11.6 Å². The molecule has 0 fully saturated rings. The van der Waals surface area contributed by atoms with Crippen LogP contribution in [0.3, 0.4) is 0 Å². The fourth-order valence-corrected chi connectivity index (χ4v) is 2.86. The molecule has 1 aromatic carbocycles. The molecule has 24 heavy (non-hydrogen) atoms. The summed E-state index contributed by atoms with van der Waals surface area (Å²) >= 11 is 5.97. The van der Waals surface area contributed by atoms with Gasteiger partial charge in [0.25, 0.3) is 5.91 Å². The molecule has 0 saturated heterocycles. The topological polar surface area (TPSA) is 57.8 Å². The molecule has 1 amide bonds. The number of aromatic nitrogens is 1. The summed E-state index contributed by atoms with van der Waals surface area (Å²) in [5.74, 6) is -0.441. The lowest BCUT2D eigenvalue weighted by molar-refractivity contribution is -0.112. The van der Waals surface area contributed by atoms with Gasteiger partial charge in [0.2, 0.25) is 0 Å². The highest BCUT2D eigenvalue weighted by Gasteiger charge is 2.13. The summed E-state index contributed by atoms with van der Waals surface area (Å²) in [4.78, 5) is 12.4. The van der Waals surface area contributed by atoms with E-state index in [1.165, 1.54) is 0 Å². The third kappa shape index (κ3) is 3.69. The molecular weight excluding hydrogens is 322 g/mol. The lowest BCUT2D eigenvalue weighted by Gasteiger charge is -2.08. The monoisotopic (exact) mass is 341 g/mol. The average molecular weight is 342 g/mol. The predicted octanol–water partition coefficient (Wildman–Crippen LogP) is 4.63. The predicted molar refractivity (Wildman–Crippen MR) is 98.0 cm³/mol. The van der Waals surface area contributed by atoms with Crippen LogP contribution in [0.25, 0.3) is 6.08 Å². The van der Waals surface area contributed by atoms with Crippen LogP contribution in [0.15, 0.2) is 29.8 Å². The highest BCUT2D eigenvalue weighted by atomic mass is 35.5. The van der Waals surface area contributed by atoms with Gasteiger partial charge in [0.05, 0.1) is 0 Å². The third-order valence-corrected chi connectivity index (χ3v) is 4.28. The van der Waals surface area contributed by atoms with E-state index in [2.05, 4.69) is 16.8 Å². The van der Waals surface area contributed by atoms with Crippen molar-refractivity contribution in [1.82, 2.24) is 4.57 Å². The third-order valence-electron chi connectivity index (χ3n) is 4.04. The first kappa shape index (κ1) is 17.8. The van der Waals surface area contributed by atoms with Crippen LogP contribution in [-0.2, 0) is 11.3 Å². The zero-order valence-corrected chi connectivity index (χ0v) is 15.0. The van der Waals surface area contributed by atoms with Crippen molar-refractivity contribution in [3.05, 3.63) is 57.4 Å².